The molecule has 1 saturated carbocycles. The molecule has 7 heteroatoms. The van der Waals surface area contributed by atoms with Crippen LogP contribution in [0.1, 0.15) is 18.7 Å². The van der Waals surface area contributed by atoms with Gasteiger partial charge in [-0.05, 0) is 18.9 Å². The fourth-order valence-electron chi connectivity index (χ4n) is 1.95. The average Bonchev–Trinajstić information content (AvgIpc) is 3.15. The number of benzene rings is 1. The number of nitrogens with zero attached hydrogens (tertiary/aromatic N) is 3. The summed E-state index contributed by atoms with van der Waals surface area (Å²) in [6.45, 7) is 0.781. The topological polar surface area (TPSA) is 94.1 Å². The van der Waals surface area contributed by atoms with E-state index in [1.165, 1.54) is 18.9 Å². The summed E-state index contributed by atoms with van der Waals surface area (Å²) >= 11 is 0. The fraction of sp³-hybridized carbons (Fsp3) is 0.385. The zero-order valence-corrected chi connectivity index (χ0v) is 10.8. The average molecular weight is 274 g/mol. The Morgan fingerprint density at radius 2 is 2.15 bits per heavy atom. The van der Waals surface area contributed by atoms with E-state index in [9.17, 15) is 10.1 Å². The number of hydrogen-bond donors (Lipinski definition) is 1. The molecule has 3 rings (SSSR count). The van der Waals surface area contributed by atoms with Crippen molar-refractivity contribution in [3.8, 4) is 11.5 Å². The number of aromatic nitrogens is 2. The van der Waals surface area contributed by atoms with Gasteiger partial charge in [-0.15, -0.1) is 10.2 Å². The molecule has 0 atom stereocenters. The summed E-state index contributed by atoms with van der Waals surface area (Å²) in [6, 6.07) is 6.98. The molecule has 0 unspecified atom stereocenters. The molecule has 7 nitrogen and oxygen atoms in total. The van der Waals surface area contributed by atoms with Crippen molar-refractivity contribution in [2.24, 2.45) is 0 Å². The van der Waals surface area contributed by atoms with Gasteiger partial charge >= 0.3 is 0 Å². The first kappa shape index (κ1) is 12.7. The van der Waals surface area contributed by atoms with Crippen LogP contribution in [0.3, 0.4) is 0 Å². The highest BCUT2D eigenvalue weighted by atomic mass is 16.6. The van der Waals surface area contributed by atoms with Crippen LogP contribution in [0.25, 0.3) is 11.5 Å². The maximum Gasteiger partial charge on any atom is 0.282 e. The van der Waals surface area contributed by atoms with Gasteiger partial charge in [0.15, 0.2) is 0 Å². The molecule has 2 aromatic rings. The summed E-state index contributed by atoms with van der Waals surface area (Å²) in [6.07, 6.45) is 3.08. The summed E-state index contributed by atoms with van der Waals surface area (Å²) < 4.78 is 5.50. The zero-order chi connectivity index (χ0) is 13.9. The van der Waals surface area contributed by atoms with E-state index >= 15 is 0 Å². The Bertz CT molecular complexity index is 622. The third-order valence-corrected chi connectivity index (χ3v) is 3.15. The molecule has 1 N–H and O–H groups in total. The summed E-state index contributed by atoms with van der Waals surface area (Å²) in [5, 5.41) is 22.1. The number of para-hydroxylation sites is 1. The van der Waals surface area contributed by atoms with Crippen molar-refractivity contribution in [2.45, 2.75) is 25.3 Å². The van der Waals surface area contributed by atoms with Gasteiger partial charge < -0.3 is 9.73 Å². The number of nitrogens with one attached hydrogen (secondary N) is 1. The fourth-order valence-corrected chi connectivity index (χ4v) is 1.95. The second-order valence-corrected chi connectivity index (χ2v) is 4.75. The molecular weight excluding hydrogens is 260 g/mol. The summed E-state index contributed by atoms with van der Waals surface area (Å²) in [5.74, 6) is 0.685. The minimum atomic E-state index is -0.451. The standard InChI is InChI=1S/C13H14N4O3/c18-17(19)11-4-2-1-3-10(11)13-16-15-12(20-13)7-8-14-9-5-6-9/h1-4,9,14H,5-8H2. The molecule has 0 bridgehead atoms. The molecule has 0 spiro atoms. The van der Waals surface area contributed by atoms with Crippen LogP contribution < -0.4 is 5.32 Å². The van der Waals surface area contributed by atoms with Crippen LogP contribution in [0.2, 0.25) is 0 Å². The Balaban J connectivity index is 1.73. The first-order valence-electron chi connectivity index (χ1n) is 6.53. The smallest absolute Gasteiger partial charge is 0.282 e. The Labute approximate surface area is 115 Å². The molecule has 0 saturated heterocycles. The van der Waals surface area contributed by atoms with Crippen LogP contribution in [0.5, 0.6) is 0 Å². The van der Waals surface area contributed by atoms with Crippen LogP contribution in [-0.2, 0) is 6.42 Å². The highest BCUT2D eigenvalue weighted by Crippen LogP contribution is 2.28. The van der Waals surface area contributed by atoms with Crippen LogP contribution in [0, 0.1) is 10.1 Å². The van der Waals surface area contributed by atoms with Crippen LogP contribution in [-0.4, -0.2) is 27.7 Å². The van der Waals surface area contributed by atoms with Crippen molar-refractivity contribution in [2.75, 3.05) is 6.54 Å². The van der Waals surface area contributed by atoms with E-state index < -0.39 is 4.92 Å². The molecule has 104 valence electrons. The first-order valence-corrected chi connectivity index (χ1v) is 6.53. The van der Waals surface area contributed by atoms with Gasteiger partial charge in [0.05, 0.1) is 4.92 Å². The van der Waals surface area contributed by atoms with Crippen molar-refractivity contribution in [3.05, 3.63) is 40.3 Å². The van der Waals surface area contributed by atoms with Crippen molar-refractivity contribution < 1.29 is 9.34 Å². The maximum atomic E-state index is 11.0. The second kappa shape index (κ2) is 5.38. The highest BCUT2D eigenvalue weighted by Gasteiger charge is 2.21. The highest BCUT2D eigenvalue weighted by molar-refractivity contribution is 5.66. The van der Waals surface area contributed by atoms with E-state index in [0.717, 1.165) is 6.54 Å². The third kappa shape index (κ3) is 2.83. The molecule has 0 amide bonds. The minimum absolute atomic E-state index is 0.0289. The lowest BCUT2D eigenvalue weighted by Crippen LogP contribution is -2.19. The summed E-state index contributed by atoms with van der Waals surface area (Å²) in [5.41, 5.74) is 0.324. The van der Waals surface area contributed by atoms with E-state index in [0.29, 0.717) is 23.9 Å². The van der Waals surface area contributed by atoms with Gasteiger partial charge in [-0.2, -0.15) is 0 Å². The van der Waals surface area contributed by atoms with E-state index in [2.05, 4.69) is 15.5 Å². The predicted octanol–water partition coefficient (Wildman–Crippen LogP) is 1.94. The molecule has 0 aliphatic heterocycles. The number of nitro groups is 1. The van der Waals surface area contributed by atoms with Crippen molar-refractivity contribution in [3.63, 3.8) is 0 Å². The lowest BCUT2D eigenvalue weighted by atomic mass is 10.2. The molecule has 1 aliphatic rings. The van der Waals surface area contributed by atoms with Gasteiger partial charge in [-0.25, -0.2) is 0 Å². The Morgan fingerprint density at radius 3 is 2.90 bits per heavy atom. The monoisotopic (exact) mass is 274 g/mol. The largest absolute Gasteiger partial charge is 0.420 e. The van der Waals surface area contributed by atoms with Gasteiger partial charge in [0.2, 0.25) is 5.89 Å². The lowest BCUT2D eigenvalue weighted by Gasteiger charge is -1.98. The molecule has 1 aromatic heterocycles. The Morgan fingerprint density at radius 1 is 1.35 bits per heavy atom. The van der Waals surface area contributed by atoms with Crippen LogP contribution in [0.4, 0.5) is 5.69 Å². The Hall–Kier alpha value is -2.28. The second-order valence-electron chi connectivity index (χ2n) is 4.75. The van der Waals surface area contributed by atoms with Gasteiger partial charge in [-0.1, -0.05) is 12.1 Å². The molecule has 0 radical (unpaired) electrons. The van der Waals surface area contributed by atoms with Crippen molar-refractivity contribution in [1.82, 2.24) is 15.5 Å². The summed E-state index contributed by atoms with van der Waals surface area (Å²) in [7, 11) is 0. The first-order chi connectivity index (χ1) is 9.74. The normalized spacial score (nSPS) is 14.4. The number of hydrogen-bond acceptors (Lipinski definition) is 6. The molecule has 1 aromatic carbocycles. The van der Waals surface area contributed by atoms with Gasteiger partial charge in [0.25, 0.3) is 11.6 Å². The minimum Gasteiger partial charge on any atom is -0.420 e. The quantitative estimate of drug-likeness (QED) is 0.639. The number of rotatable bonds is 6. The SMILES string of the molecule is O=[N+]([O-])c1ccccc1-c1nnc(CCNC2CC2)o1. The van der Waals surface area contributed by atoms with Crippen molar-refractivity contribution >= 4 is 5.69 Å². The van der Waals surface area contributed by atoms with Gasteiger partial charge in [-0.3, -0.25) is 10.1 Å². The maximum absolute atomic E-state index is 11.0. The van der Waals surface area contributed by atoms with Crippen LogP contribution >= 0.6 is 0 Å². The molecule has 1 aliphatic carbocycles. The zero-order valence-electron chi connectivity index (χ0n) is 10.8. The van der Waals surface area contributed by atoms with E-state index in [-0.39, 0.29) is 11.6 Å². The van der Waals surface area contributed by atoms with E-state index in [1.807, 2.05) is 0 Å². The molecular formula is C13H14N4O3. The lowest BCUT2D eigenvalue weighted by molar-refractivity contribution is -0.384. The third-order valence-electron chi connectivity index (χ3n) is 3.15. The predicted molar refractivity (Wildman–Crippen MR) is 71.1 cm³/mol. The van der Waals surface area contributed by atoms with Crippen molar-refractivity contribution in [1.29, 1.82) is 0 Å². The van der Waals surface area contributed by atoms with Gasteiger partial charge in [0.1, 0.15) is 5.56 Å². The van der Waals surface area contributed by atoms with Crippen LogP contribution in [0.15, 0.2) is 28.7 Å². The van der Waals surface area contributed by atoms with Gasteiger partial charge in [0, 0.05) is 25.1 Å². The summed E-state index contributed by atoms with van der Waals surface area (Å²) in [4.78, 5) is 10.5. The molecule has 20 heavy (non-hydrogen) atoms. The molecule has 1 heterocycles. The number of nitro benzene ring substituents is 1. The molecule has 1 fully saturated rings. The van der Waals surface area contributed by atoms with E-state index in [4.69, 9.17) is 4.42 Å². The van der Waals surface area contributed by atoms with E-state index in [1.54, 1.807) is 18.2 Å². The Kier molecular flexibility index (Phi) is 3.42.